The molecule has 0 aliphatic rings. The molecule has 44 heavy (non-hydrogen) atoms. The summed E-state index contributed by atoms with van der Waals surface area (Å²) in [5.41, 5.74) is 1.17. The highest BCUT2D eigenvalue weighted by Crippen LogP contribution is 2.27. The van der Waals surface area contributed by atoms with Crippen LogP contribution < -0.4 is 4.74 Å². The molecule has 13 heteroatoms. The molecule has 3 aromatic heterocycles. The minimum Gasteiger partial charge on any atom is -0.478 e. The number of aromatic carboxylic acids is 1. The second-order valence-electron chi connectivity index (χ2n) is 9.59. The predicted octanol–water partition coefficient (Wildman–Crippen LogP) is 5.69. The molecule has 0 amide bonds. The number of nitriles is 1. The van der Waals surface area contributed by atoms with E-state index in [1.807, 2.05) is 6.07 Å². The van der Waals surface area contributed by atoms with E-state index in [0.717, 1.165) is 12.1 Å². The van der Waals surface area contributed by atoms with Gasteiger partial charge in [0.25, 0.3) is 0 Å². The highest BCUT2D eigenvalue weighted by atomic mass is 19.1. The van der Waals surface area contributed by atoms with E-state index in [4.69, 9.17) is 14.4 Å². The van der Waals surface area contributed by atoms with Crippen molar-refractivity contribution in [2.75, 3.05) is 0 Å². The zero-order chi connectivity index (χ0) is 30.8. The minimum atomic E-state index is -1.30. The maximum absolute atomic E-state index is 15.4. The minimum absolute atomic E-state index is 0.0388. The van der Waals surface area contributed by atoms with Gasteiger partial charge in [0.2, 0.25) is 5.89 Å². The number of aromatic nitrogens is 5. The van der Waals surface area contributed by atoms with Crippen molar-refractivity contribution >= 4 is 17.0 Å². The molecule has 1 N–H and O–H groups in total. The molecule has 218 valence electrons. The predicted molar refractivity (Wildman–Crippen MR) is 148 cm³/mol. The Kier molecular flexibility index (Phi) is 7.47. The lowest BCUT2D eigenvalue weighted by molar-refractivity contribution is 0.0696. The number of benzene rings is 3. The Morgan fingerprint density at radius 3 is 2.57 bits per heavy atom. The number of carbonyl (C=O) groups is 1. The van der Waals surface area contributed by atoms with Crippen LogP contribution in [0.4, 0.5) is 13.2 Å². The third kappa shape index (κ3) is 5.68. The molecular formula is C31H19F3N6O4. The number of hydrogen-bond acceptors (Lipinski definition) is 8. The molecule has 0 saturated carbocycles. The third-order valence-corrected chi connectivity index (χ3v) is 6.75. The monoisotopic (exact) mass is 596 g/mol. The van der Waals surface area contributed by atoms with Crippen molar-refractivity contribution in [2.24, 2.45) is 0 Å². The van der Waals surface area contributed by atoms with Crippen LogP contribution in [0, 0.1) is 28.8 Å². The fourth-order valence-electron chi connectivity index (χ4n) is 4.63. The van der Waals surface area contributed by atoms with Gasteiger partial charge in [0.15, 0.2) is 5.82 Å². The average Bonchev–Trinajstić information content (AvgIpc) is 3.65. The summed E-state index contributed by atoms with van der Waals surface area (Å²) in [6, 6.07) is 13.9. The first-order valence-corrected chi connectivity index (χ1v) is 13.0. The fraction of sp³-hybridized carbons (Fsp3) is 0.0968. The Morgan fingerprint density at radius 2 is 1.84 bits per heavy atom. The molecule has 0 aliphatic carbocycles. The van der Waals surface area contributed by atoms with Crippen LogP contribution in [-0.2, 0) is 19.6 Å². The van der Waals surface area contributed by atoms with Crippen LogP contribution in [0.2, 0.25) is 0 Å². The number of halogens is 3. The second kappa shape index (κ2) is 11.7. The van der Waals surface area contributed by atoms with Gasteiger partial charge in [-0.3, -0.25) is 0 Å². The highest BCUT2D eigenvalue weighted by Gasteiger charge is 2.20. The number of hydrogen-bond donors (Lipinski definition) is 1. The first kappa shape index (κ1) is 28.1. The molecule has 10 nitrogen and oxygen atoms in total. The number of oxazole rings is 1. The second-order valence-corrected chi connectivity index (χ2v) is 9.59. The number of carboxylic acid groups (broad SMARTS) is 1. The van der Waals surface area contributed by atoms with Gasteiger partial charge in [0, 0.05) is 23.7 Å². The summed E-state index contributed by atoms with van der Waals surface area (Å²) >= 11 is 0. The van der Waals surface area contributed by atoms with Crippen LogP contribution in [0.5, 0.6) is 6.01 Å². The Labute approximate surface area is 246 Å². The summed E-state index contributed by atoms with van der Waals surface area (Å²) in [4.78, 5) is 28.3. The van der Waals surface area contributed by atoms with Gasteiger partial charge in [-0.05, 0) is 48.0 Å². The van der Waals surface area contributed by atoms with E-state index in [9.17, 15) is 18.7 Å². The van der Waals surface area contributed by atoms with Crippen LogP contribution >= 0.6 is 0 Å². The Balaban J connectivity index is 1.26. The van der Waals surface area contributed by atoms with Crippen LogP contribution in [0.15, 0.2) is 77.7 Å². The number of rotatable bonds is 9. The van der Waals surface area contributed by atoms with Crippen molar-refractivity contribution in [2.45, 2.75) is 19.6 Å². The molecule has 6 rings (SSSR count). The van der Waals surface area contributed by atoms with Crippen molar-refractivity contribution in [3.05, 3.63) is 125 Å². The van der Waals surface area contributed by atoms with Gasteiger partial charge >= 0.3 is 12.0 Å². The van der Waals surface area contributed by atoms with Crippen molar-refractivity contribution in [3.8, 4) is 23.3 Å². The van der Waals surface area contributed by atoms with E-state index in [2.05, 4.69) is 19.9 Å². The summed E-state index contributed by atoms with van der Waals surface area (Å²) in [5, 5.41) is 18.3. The van der Waals surface area contributed by atoms with Gasteiger partial charge in [0.1, 0.15) is 42.4 Å². The van der Waals surface area contributed by atoms with E-state index in [0.29, 0.717) is 11.4 Å². The molecule has 3 heterocycles. The van der Waals surface area contributed by atoms with E-state index >= 15 is 4.39 Å². The summed E-state index contributed by atoms with van der Waals surface area (Å²) in [6.45, 7) is -0.163. The van der Waals surface area contributed by atoms with E-state index in [-0.39, 0.29) is 70.5 Å². The molecule has 0 bridgehead atoms. The van der Waals surface area contributed by atoms with Gasteiger partial charge in [-0.15, -0.1) is 0 Å². The number of fused-ring (bicyclic) bond motifs is 1. The van der Waals surface area contributed by atoms with Crippen molar-refractivity contribution in [1.82, 2.24) is 24.5 Å². The Morgan fingerprint density at radius 1 is 0.977 bits per heavy atom. The molecule has 0 aliphatic heterocycles. The first-order valence-electron chi connectivity index (χ1n) is 13.0. The molecule has 3 aromatic carbocycles. The largest absolute Gasteiger partial charge is 0.478 e. The molecule has 0 saturated heterocycles. The zero-order valence-corrected chi connectivity index (χ0v) is 22.5. The van der Waals surface area contributed by atoms with Gasteiger partial charge in [0.05, 0.1) is 34.6 Å². The van der Waals surface area contributed by atoms with Crippen LogP contribution in [0.1, 0.15) is 38.8 Å². The third-order valence-electron chi connectivity index (χ3n) is 6.75. The normalized spacial score (nSPS) is 11.0. The molecule has 0 radical (unpaired) electrons. The van der Waals surface area contributed by atoms with Gasteiger partial charge in [-0.25, -0.2) is 32.9 Å². The molecule has 0 spiro atoms. The van der Waals surface area contributed by atoms with Crippen molar-refractivity contribution < 1.29 is 32.2 Å². The zero-order valence-electron chi connectivity index (χ0n) is 22.5. The van der Waals surface area contributed by atoms with Crippen LogP contribution in [-0.4, -0.2) is 35.6 Å². The molecule has 0 fully saturated rings. The van der Waals surface area contributed by atoms with Crippen LogP contribution in [0.3, 0.4) is 0 Å². The molecule has 0 unspecified atom stereocenters. The maximum Gasteiger partial charge on any atom is 0.335 e. The molecule has 0 atom stereocenters. The quantitative estimate of drug-likeness (QED) is 0.223. The van der Waals surface area contributed by atoms with Crippen molar-refractivity contribution in [3.63, 3.8) is 0 Å². The lowest BCUT2D eigenvalue weighted by atomic mass is 10.1. The average molecular weight is 597 g/mol. The summed E-state index contributed by atoms with van der Waals surface area (Å²) in [6.07, 6.45) is 4.27. The lowest BCUT2D eigenvalue weighted by Gasteiger charge is -2.10. The van der Waals surface area contributed by atoms with E-state index in [1.54, 1.807) is 10.6 Å². The topological polar surface area (TPSA) is 140 Å². The highest BCUT2D eigenvalue weighted by molar-refractivity contribution is 5.92. The smallest absolute Gasteiger partial charge is 0.335 e. The summed E-state index contributed by atoms with van der Waals surface area (Å²) in [5.74, 6) is -2.71. The molecular weight excluding hydrogens is 577 g/mol. The Hall–Kier alpha value is -6.03. The van der Waals surface area contributed by atoms with E-state index < -0.39 is 23.4 Å². The number of nitrogens with zero attached hydrogens (tertiary/aromatic N) is 6. The molecule has 6 aromatic rings. The number of carboxylic acids is 1. The van der Waals surface area contributed by atoms with Crippen molar-refractivity contribution in [1.29, 1.82) is 5.26 Å². The standard InChI is InChI=1S/C31H19F3N6O4/c32-22-10-18(14-35)1-3-19(22)16-44-31-37-6-5-25(38-31)21-4-2-17(9-23(21)33)11-27-39-29-24(34)12-20(30(41)42)13-26(29)40(27)15-28-36-7-8-43-28/h1-10,12-13H,11,15-16H2,(H,41,42). The SMILES string of the molecule is N#Cc1ccc(COc2nccc(-c3ccc(Cc4nc5c(F)cc(C(=O)O)cc5n4Cc4ncco4)cc3F)n2)c(F)c1. The maximum atomic E-state index is 15.4. The van der Waals surface area contributed by atoms with Gasteiger partial charge in [-0.1, -0.05) is 12.1 Å². The summed E-state index contributed by atoms with van der Waals surface area (Å²) in [7, 11) is 0. The Bertz CT molecular complexity index is 2070. The fourth-order valence-corrected chi connectivity index (χ4v) is 4.63. The lowest BCUT2D eigenvalue weighted by Crippen LogP contribution is -2.07. The number of imidazole rings is 1. The van der Waals surface area contributed by atoms with Crippen LogP contribution in [0.25, 0.3) is 22.3 Å². The summed E-state index contributed by atoms with van der Waals surface area (Å²) < 4.78 is 56.9. The first-order chi connectivity index (χ1) is 21.3. The van der Waals surface area contributed by atoms with Gasteiger partial charge in [-0.2, -0.15) is 10.2 Å². The van der Waals surface area contributed by atoms with E-state index in [1.165, 1.54) is 55.1 Å². The number of ether oxygens (including phenoxy) is 1. The van der Waals surface area contributed by atoms with Gasteiger partial charge < -0.3 is 18.8 Å².